The van der Waals surface area contributed by atoms with Crippen LogP contribution in [0.4, 0.5) is 5.95 Å². The minimum absolute atomic E-state index is 0.0863. The van der Waals surface area contributed by atoms with Crippen LogP contribution in [0.25, 0.3) is 0 Å². The Morgan fingerprint density at radius 2 is 2.10 bits per heavy atom. The number of H-pyrrole nitrogens is 1. The Balaban J connectivity index is 1.43. The minimum atomic E-state index is -0.389. The molecule has 8 nitrogen and oxygen atoms in total. The van der Waals surface area contributed by atoms with E-state index >= 15 is 0 Å². The van der Waals surface area contributed by atoms with E-state index < -0.39 is 0 Å². The second-order valence-corrected chi connectivity index (χ2v) is 8.00. The highest BCUT2D eigenvalue weighted by atomic mass is 16.5. The normalized spacial score (nSPS) is 21.8. The van der Waals surface area contributed by atoms with E-state index in [1.54, 1.807) is 19.5 Å². The van der Waals surface area contributed by atoms with E-state index in [2.05, 4.69) is 20.6 Å². The van der Waals surface area contributed by atoms with Crippen LogP contribution in [0, 0.1) is 5.92 Å². The van der Waals surface area contributed by atoms with E-state index in [4.69, 9.17) is 9.47 Å². The molecule has 2 atom stereocenters. The highest BCUT2D eigenvalue weighted by molar-refractivity contribution is 5.93. The maximum absolute atomic E-state index is 12.3. The molecule has 0 spiro atoms. The van der Waals surface area contributed by atoms with Gasteiger partial charge in [-0.1, -0.05) is 6.07 Å². The van der Waals surface area contributed by atoms with Crippen LogP contribution in [0.3, 0.4) is 0 Å². The van der Waals surface area contributed by atoms with Crippen LogP contribution in [-0.4, -0.2) is 41.5 Å². The number of benzene rings is 1. The maximum atomic E-state index is 12.3. The van der Waals surface area contributed by atoms with Gasteiger partial charge in [0.2, 0.25) is 17.8 Å². The van der Waals surface area contributed by atoms with Crippen LogP contribution >= 0.6 is 0 Å². The molecule has 1 aromatic heterocycles. The van der Waals surface area contributed by atoms with Crippen molar-refractivity contribution in [1.82, 2.24) is 15.3 Å². The largest absolute Gasteiger partial charge is 0.493 e. The maximum Gasteiger partial charge on any atom is 0.227 e. The molecular weight excluding hydrogens is 384 g/mol. The Labute approximate surface area is 175 Å². The third-order valence-corrected chi connectivity index (χ3v) is 5.91. The lowest BCUT2D eigenvalue weighted by molar-refractivity contribution is -0.130. The number of rotatable bonds is 7. The fourth-order valence-corrected chi connectivity index (χ4v) is 4.30. The first-order valence-corrected chi connectivity index (χ1v) is 10.5. The van der Waals surface area contributed by atoms with E-state index in [0.717, 1.165) is 29.9 Å². The number of imidazole rings is 1. The number of hydrogen-bond donors (Lipinski definition) is 3. The summed E-state index contributed by atoms with van der Waals surface area (Å²) in [6.07, 6.45) is 8.68. The summed E-state index contributed by atoms with van der Waals surface area (Å²) >= 11 is 0. The zero-order valence-electron chi connectivity index (χ0n) is 17.1. The molecule has 30 heavy (non-hydrogen) atoms. The van der Waals surface area contributed by atoms with Gasteiger partial charge in [-0.05, 0) is 49.8 Å². The molecule has 1 aromatic carbocycles. The summed E-state index contributed by atoms with van der Waals surface area (Å²) in [6.45, 7) is 0.546. The molecule has 0 unspecified atom stereocenters. The summed E-state index contributed by atoms with van der Waals surface area (Å²) in [4.78, 5) is 31.5. The SMILES string of the molecule is COc1ccc([C@H]2CNC(=O)[C@@H](CC(=O)Nc3ncc[nH]3)C2)cc1OC1CCCC1. The first kappa shape index (κ1) is 20.3. The smallest absolute Gasteiger partial charge is 0.227 e. The minimum Gasteiger partial charge on any atom is -0.493 e. The number of ether oxygens (including phenoxy) is 2. The number of methoxy groups -OCH3 is 1. The van der Waals surface area contributed by atoms with Gasteiger partial charge in [0, 0.05) is 37.2 Å². The third-order valence-electron chi connectivity index (χ3n) is 5.91. The second-order valence-electron chi connectivity index (χ2n) is 8.00. The van der Waals surface area contributed by atoms with Crippen molar-refractivity contribution in [3.8, 4) is 11.5 Å². The predicted molar refractivity (Wildman–Crippen MR) is 112 cm³/mol. The van der Waals surface area contributed by atoms with Gasteiger partial charge in [0.25, 0.3) is 0 Å². The average molecular weight is 412 g/mol. The Morgan fingerprint density at radius 3 is 2.83 bits per heavy atom. The van der Waals surface area contributed by atoms with Crippen molar-refractivity contribution in [2.45, 2.75) is 50.5 Å². The molecule has 8 heteroatoms. The molecule has 1 aliphatic heterocycles. The number of piperidine rings is 1. The standard InChI is InChI=1S/C22H28N4O4/c1-29-18-7-6-14(11-19(18)30-17-4-2-3-5-17)16-10-15(21(28)25-13-16)12-20(27)26-22-23-8-9-24-22/h6-9,11,15-17H,2-5,10,12-13H2,1H3,(H,25,28)(H2,23,24,26,27)/t15-,16-/m1/s1. The van der Waals surface area contributed by atoms with Gasteiger partial charge in [-0.2, -0.15) is 0 Å². The average Bonchev–Trinajstić information content (AvgIpc) is 3.44. The van der Waals surface area contributed by atoms with Crippen LogP contribution in [0.2, 0.25) is 0 Å². The van der Waals surface area contributed by atoms with Crippen LogP contribution in [0.15, 0.2) is 30.6 Å². The number of anilines is 1. The molecule has 1 saturated heterocycles. The summed E-state index contributed by atoms with van der Waals surface area (Å²) < 4.78 is 11.7. The lowest BCUT2D eigenvalue weighted by atomic mass is 9.83. The zero-order chi connectivity index (χ0) is 20.9. The fraction of sp³-hybridized carbons (Fsp3) is 0.500. The van der Waals surface area contributed by atoms with Crippen molar-refractivity contribution in [3.05, 3.63) is 36.2 Å². The van der Waals surface area contributed by atoms with Gasteiger partial charge in [-0.3, -0.25) is 14.9 Å². The van der Waals surface area contributed by atoms with E-state index in [9.17, 15) is 9.59 Å². The molecule has 3 N–H and O–H groups in total. The van der Waals surface area contributed by atoms with Crippen molar-refractivity contribution >= 4 is 17.8 Å². The monoisotopic (exact) mass is 412 g/mol. The summed E-state index contributed by atoms with van der Waals surface area (Å²) in [5.74, 6) is 1.27. The number of carbonyl (C=O) groups excluding carboxylic acids is 2. The zero-order valence-corrected chi connectivity index (χ0v) is 17.1. The van der Waals surface area contributed by atoms with Gasteiger partial charge in [-0.15, -0.1) is 0 Å². The quantitative estimate of drug-likeness (QED) is 0.648. The number of hydrogen-bond acceptors (Lipinski definition) is 5. The Morgan fingerprint density at radius 1 is 1.27 bits per heavy atom. The number of nitrogens with zero attached hydrogens (tertiary/aromatic N) is 1. The van der Waals surface area contributed by atoms with Gasteiger partial charge in [-0.25, -0.2) is 4.98 Å². The summed E-state index contributed by atoms with van der Waals surface area (Å²) in [7, 11) is 1.64. The predicted octanol–water partition coefficient (Wildman–Crippen LogP) is 2.99. The van der Waals surface area contributed by atoms with Gasteiger partial charge in [0.05, 0.1) is 13.2 Å². The van der Waals surface area contributed by atoms with E-state index in [-0.39, 0.29) is 36.2 Å². The van der Waals surface area contributed by atoms with Gasteiger partial charge >= 0.3 is 0 Å². The van der Waals surface area contributed by atoms with Gasteiger partial charge < -0.3 is 19.8 Å². The molecule has 2 aliphatic rings. The van der Waals surface area contributed by atoms with Crippen molar-refractivity contribution in [2.75, 3.05) is 19.0 Å². The number of carbonyl (C=O) groups is 2. The topological polar surface area (TPSA) is 105 Å². The Kier molecular flexibility index (Phi) is 6.21. The van der Waals surface area contributed by atoms with E-state index in [1.807, 2.05) is 18.2 Å². The summed E-state index contributed by atoms with van der Waals surface area (Å²) in [6, 6.07) is 5.97. The van der Waals surface area contributed by atoms with Crippen LogP contribution in [0.5, 0.6) is 11.5 Å². The van der Waals surface area contributed by atoms with Crippen molar-refractivity contribution in [3.63, 3.8) is 0 Å². The number of aromatic nitrogens is 2. The van der Waals surface area contributed by atoms with E-state index in [0.29, 0.717) is 18.9 Å². The first-order valence-electron chi connectivity index (χ1n) is 10.5. The number of aromatic amines is 1. The van der Waals surface area contributed by atoms with Crippen molar-refractivity contribution < 1.29 is 19.1 Å². The molecule has 0 bridgehead atoms. The highest BCUT2D eigenvalue weighted by Gasteiger charge is 2.32. The lowest BCUT2D eigenvalue weighted by Crippen LogP contribution is -2.42. The second kappa shape index (κ2) is 9.19. The van der Waals surface area contributed by atoms with Crippen molar-refractivity contribution in [1.29, 1.82) is 0 Å². The first-order chi connectivity index (χ1) is 14.6. The molecule has 2 heterocycles. The van der Waals surface area contributed by atoms with Gasteiger partial charge in [0.1, 0.15) is 0 Å². The third kappa shape index (κ3) is 4.75. The highest BCUT2D eigenvalue weighted by Crippen LogP contribution is 2.37. The Bertz CT molecular complexity index is 877. The number of amides is 2. The molecule has 4 rings (SSSR count). The molecule has 2 aromatic rings. The lowest BCUT2D eigenvalue weighted by Gasteiger charge is -2.29. The van der Waals surface area contributed by atoms with Crippen LogP contribution in [0.1, 0.15) is 50.0 Å². The molecule has 1 saturated carbocycles. The number of nitrogens with one attached hydrogen (secondary N) is 3. The molecule has 160 valence electrons. The van der Waals surface area contributed by atoms with E-state index in [1.165, 1.54) is 12.8 Å². The van der Waals surface area contributed by atoms with Gasteiger partial charge in [0.15, 0.2) is 11.5 Å². The molecule has 2 fully saturated rings. The van der Waals surface area contributed by atoms with Crippen LogP contribution < -0.4 is 20.1 Å². The van der Waals surface area contributed by atoms with Crippen LogP contribution in [-0.2, 0) is 9.59 Å². The molecule has 0 radical (unpaired) electrons. The molecule has 2 amide bonds. The fourth-order valence-electron chi connectivity index (χ4n) is 4.30. The Hall–Kier alpha value is -3.03. The summed E-state index contributed by atoms with van der Waals surface area (Å²) in [5, 5.41) is 5.64. The summed E-state index contributed by atoms with van der Waals surface area (Å²) in [5.41, 5.74) is 1.08. The van der Waals surface area contributed by atoms with Crippen molar-refractivity contribution in [2.24, 2.45) is 5.92 Å². The molecule has 1 aliphatic carbocycles. The molecular formula is C22H28N4O4.